The summed E-state index contributed by atoms with van der Waals surface area (Å²) in [7, 11) is 1.49. The molecule has 27 heavy (non-hydrogen) atoms. The number of methoxy groups -OCH3 is 1. The molecular formula is C20H23F3N2O2. The second kappa shape index (κ2) is 8.19. The van der Waals surface area contributed by atoms with Gasteiger partial charge in [0.25, 0.3) is 0 Å². The predicted octanol–water partition coefficient (Wildman–Crippen LogP) is 4.31. The molecule has 0 radical (unpaired) electrons. The summed E-state index contributed by atoms with van der Waals surface area (Å²) >= 11 is 0. The van der Waals surface area contributed by atoms with Crippen molar-refractivity contribution in [3.8, 4) is 11.5 Å². The Bertz CT molecular complexity index is 745. The lowest BCUT2D eigenvalue weighted by atomic mass is 9.90. The summed E-state index contributed by atoms with van der Waals surface area (Å²) in [6.07, 6.45) is -1.69. The van der Waals surface area contributed by atoms with Crippen molar-refractivity contribution in [1.82, 2.24) is 10.6 Å². The van der Waals surface area contributed by atoms with Crippen molar-refractivity contribution in [3.05, 3.63) is 59.7 Å². The van der Waals surface area contributed by atoms with Crippen LogP contribution in [-0.4, -0.2) is 20.0 Å². The average molecular weight is 380 g/mol. The van der Waals surface area contributed by atoms with Crippen LogP contribution in [0.5, 0.6) is 11.5 Å². The van der Waals surface area contributed by atoms with Gasteiger partial charge >= 0.3 is 6.36 Å². The normalized spacial score (nSPS) is 20.3. The summed E-state index contributed by atoms with van der Waals surface area (Å²) in [5.74, 6) is 0.251. The molecule has 0 amide bonds. The number of alkyl halides is 3. The van der Waals surface area contributed by atoms with Crippen LogP contribution in [0.15, 0.2) is 48.5 Å². The summed E-state index contributed by atoms with van der Waals surface area (Å²) in [4.78, 5) is 0. The Balaban J connectivity index is 1.83. The monoisotopic (exact) mass is 380 g/mol. The van der Waals surface area contributed by atoms with Crippen molar-refractivity contribution in [2.75, 3.05) is 13.7 Å². The van der Waals surface area contributed by atoms with Gasteiger partial charge in [-0.05, 0) is 49.6 Å². The van der Waals surface area contributed by atoms with E-state index < -0.39 is 12.0 Å². The lowest BCUT2D eigenvalue weighted by Gasteiger charge is -2.40. The highest BCUT2D eigenvalue weighted by Gasteiger charge is 2.34. The summed E-state index contributed by atoms with van der Waals surface area (Å²) in [5, 5.41) is 7.05. The fourth-order valence-electron chi connectivity index (χ4n) is 3.46. The first-order valence-corrected chi connectivity index (χ1v) is 8.90. The van der Waals surface area contributed by atoms with Gasteiger partial charge in [-0.15, -0.1) is 13.2 Å². The zero-order chi connectivity index (χ0) is 19.3. The lowest BCUT2D eigenvalue weighted by molar-refractivity contribution is -0.274. The third kappa shape index (κ3) is 4.93. The summed E-state index contributed by atoms with van der Waals surface area (Å²) in [6.45, 7) is 1.20. The van der Waals surface area contributed by atoms with Crippen LogP contribution in [0, 0.1) is 0 Å². The third-order valence-electron chi connectivity index (χ3n) is 4.74. The minimum atomic E-state index is -4.73. The topological polar surface area (TPSA) is 42.5 Å². The summed E-state index contributed by atoms with van der Waals surface area (Å²) < 4.78 is 47.0. The van der Waals surface area contributed by atoms with Gasteiger partial charge in [-0.2, -0.15) is 0 Å². The highest BCUT2D eigenvalue weighted by Crippen LogP contribution is 2.31. The van der Waals surface area contributed by atoms with Crippen molar-refractivity contribution >= 4 is 0 Å². The first-order valence-electron chi connectivity index (χ1n) is 8.90. The van der Waals surface area contributed by atoms with Crippen molar-refractivity contribution in [2.45, 2.75) is 37.8 Å². The second-order valence-electron chi connectivity index (χ2n) is 6.53. The quantitative estimate of drug-likeness (QED) is 0.784. The zero-order valence-corrected chi connectivity index (χ0v) is 15.1. The van der Waals surface area contributed by atoms with Gasteiger partial charge in [0.15, 0.2) is 0 Å². The number of hydrogen-bond donors (Lipinski definition) is 2. The van der Waals surface area contributed by atoms with Gasteiger partial charge in [0, 0.05) is 12.1 Å². The summed E-state index contributed by atoms with van der Waals surface area (Å²) in [6, 6.07) is 14.1. The maximum absolute atomic E-state index is 12.5. The molecule has 0 aromatic heterocycles. The van der Waals surface area contributed by atoms with Crippen molar-refractivity contribution in [3.63, 3.8) is 0 Å². The molecule has 1 saturated heterocycles. The number of rotatable bonds is 6. The fourth-order valence-corrected chi connectivity index (χ4v) is 3.46. The van der Waals surface area contributed by atoms with Crippen LogP contribution < -0.4 is 20.1 Å². The number of benzene rings is 2. The van der Waals surface area contributed by atoms with Crippen molar-refractivity contribution < 1.29 is 22.6 Å². The molecule has 1 atom stereocenters. The summed E-state index contributed by atoms with van der Waals surface area (Å²) in [5.41, 5.74) is 1.28. The average Bonchev–Trinajstić information content (AvgIpc) is 2.67. The number of piperidine rings is 1. The van der Waals surface area contributed by atoms with Crippen LogP contribution in [0.1, 0.15) is 30.4 Å². The molecule has 3 rings (SSSR count). The van der Waals surface area contributed by atoms with Gasteiger partial charge < -0.3 is 9.47 Å². The van der Waals surface area contributed by atoms with E-state index >= 15 is 0 Å². The van der Waals surface area contributed by atoms with Crippen LogP contribution in [0.4, 0.5) is 13.2 Å². The molecule has 0 aliphatic carbocycles. The molecule has 146 valence electrons. The van der Waals surface area contributed by atoms with E-state index in [1.165, 1.54) is 25.3 Å². The van der Waals surface area contributed by atoms with Gasteiger partial charge in [-0.1, -0.05) is 30.3 Å². The van der Waals surface area contributed by atoms with E-state index in [2.05, 4.69) is 15.4 Å². The minimum absolute atomic E-state index is 0.259. The van der Waals surface area contributed by atoms with Crippen LogP contribution in [0.3, 0.4) is 0 Å². The lowest BCUT2D eigenvalue weighted by Crippen LogP contribution is -2.56. The van der Waals surface area contributed by atoms with E-state index in [-0.39, 0.29) is 5.75 Å². The maximum Gasteiger partial charge on any atom is 0.573 e. The second-order valence-corrected chi connectivity index (χ2v) is 6.53. The van der Waals surface area contributed by atoms with Crippen molar-refractivity contribution in [2.24, 2.45) is 0 Å². The molecule has 1 aliphatic rings. The smallest absolute Gasteiger partial charge is 0.496 e. The molecule has 2 N–H and O–H groups in total. The van der Waals surface area contributed by atoms with E-state index in [1.54, 1.807) is 0 Å². The Morgan fingerprint density at radius 2 is 1.89 bits per heavy atom. The van der Waals surface area contributed by atoms with Gasteiger partial charge in [-0.25, -0.2) is 0 Å². The van der Waals surface area contributed by atoms with Crippen molar-refractivity contribution in [1.29, 1.82) is 0 Å². The molecule has 1 heterocycles. The first-order chi connectivity index (χ1) is 12.9. The molecule has 0 bridgehead atoms. The SMILES string of the molecule is COc1ccc(OC(F)(F)F)cc1CNC1(c2ccccc2)CCCCN1. The third-order valence-corrected chi connectivity index (χ3v) is 4.74. The molecule has 2 aromatic rings. The molecule has 1 aliphatic heterocycles. The highest BCUT2D eigenvalue weighted by atomic mass is 19.4. The minimum Gasteiger partial charge on any atom is -0.496 e. The molecule has 7 heteroatoms. The molecule has 4 nitrogen and oxygen atoms in total. The number of hydrogen-bond acceptors (Lipinski definition) is 4. The van der Waals surface area contributed by atoms with E-state index in [1.807, 2.05) is 30.3 Å². The largest absolute Gasteiger partial charge is 0.573 e. The molecule has 1 fully saturated rings. The molecular weight excluding hydrogens is 357 g/mol. The Hall–Kier alpha value is -2.25. The van der Waals surface area contributed by atoms with Gasteiger partial charge in [0.2, 0.25) is 0 Å². The standard InChI is InChI=1S/C20H23F3N2O2/c1-26-18-10-9-17(27-20(21,22)23)13-15(18)14-25-19(11-5-6-12-24-19)16-7-3-2-4-8-16/h2-4,7-10,13,24-25H,5-6,11-12,14H2,1H3. The predicted molar refractivity (Wildman–Crippen MR) is 96.5 cm³/mol. The zero-order valence-electron chi connectivity index (χ0n) is 15.1. The van der Waals surface area contributed by atoms with E-state index in [0.29, 0.717) is 17.9 Å². The van der Waals surface area contributed by atoms with Gasteiger partial charge in [0.05, 0.1) is 12.8 Å². The number of ether oxygens (including phenoxy) is 2. The Kier molecular flexibility index (Phi) is 5.92. The Morgan fingerprint density at radius 3 is 2.52 bits per heavy atom. The molecule has 1 unspecified atom stereocenters. The number of nitrogens with one attached hydrogen (secondary N) is 2. The van der Waals surface area contributed by atoms with Gasteiger partial charge in [0.1, 0.15) is 11.5 Å². The Labute approximate surface area is 156 Å². The molecule has 0 saturated carbocycles. The molecule has 2 aromatic carbocycles. The Morgan fingerprint density at radius 1 is 1.11 bits per heavy atom. The fraction of sp³-hybridized carbons (Fsp3) is 0.400. The van der Waals surface area contributed by atoms with Gasteiger partial charge in [-0.3, -0.25) is 10.6 Å². The van der Waals surface area contributed by atoms with Crippen LogP contribution in [0.2, 0.25) is 0 Å². The maximum atomic E-state index is 12.5. The molecule has 0 spiro atoms. The van der Waals surface area contributed by atoms with E-state index in [4.69, 9.17) is 4.74 Å². The van der Waals surface area contributed by atoms with Crippen LogP contribution >= 0.6 is 0 Å². The first kappa shape index (κ1) is 19.5. The van der Waals surface area contributed by atoms with E-state index in [9.17, 15) is 13.2 Å². The highest BCUT2D eigenvalue weighted by molar-refractivity contribution is 5.40. The number of halogens is 3. The van der Waals surface area contributed by atoms with Crippen LogP contribution in [0.25, 0.3) is 0 Å². The van der Waals surface area contributed by atoms with E-state index in [0.717, 1.165) is 31.4 Å². The van der Waals surface area contributed by atoms with Crippen LogP contribution in [-0.2, 0) is 12.2 Å².